The Balaban J connectivity index is 4.19. The molecule has 6 heteroatoms. The summed E-state index contributed by atoms with van der Waals surface area (Å²) in [5, 5.41) is 0. The monoisotopic (exact) mass is 1100 g/mol. The zero-order valence-corrected chi connectivity index (χ0v) is 53.5. The van der Waals surface area contributed by atoms with Gasteiger partial charge in [0.1, 0.15) is 13.2 Å². The second-order valence-electron chi connectivity index (χ2n) is 24.9. The van der Waals surface area contributed by atoms with Gasteiger partial charge >= 0.3 is 17.9 Å². The molecule has 0 aliphatic carbocycles. The van der Waals surface area contributed by atoms with Crippen LogP contribution in [0.2, 0.25) is 0 Å². The lowest BCUT2D eigenvalue weighted by Crippen LogP contribution is -2.30. The number of carbonyl (C=O) groups excluding carboxylic acids is 3. The van der Waals surface area contributed by atoms with Crippen LogP contribution in [-0.4, -0.2) is 37.2 Å². The van der Waals surface area contributed by atoms with E-state index >= 15 is 0 Å². The molecule has 0 aromatic rings. The lowest BCUT2D eigenvalue weighted by molar-refractivity contribution is -0.167. The van der Waals surface area contributed by atoms with Gasteiger partial charge in [-0.1, -0.05) is 387 Å². The molecule has 1 atom stereocenters. The van der Waals surface area contributed by atoms with Gasteiger partial charge in [0.25, 0.3) is 0 Å². The van der Waals surface area contributed by atoms with Gasteiger partial charge in [-0.25, -0.2) is 0 Å². The summed E-state index contributed by atoms with van der Waals surface area (Å²) < 4.78 is 17.0. The second-order valence-corrected chi connectivity index (χ2v) is 24.9. The lowest BCUT2D eigenvalue weighted by Gasteiger charge is -2.18. The van der Waals surface area contributed by atoms with E-state index in [9.17, 15) is 14.4 Å². The third kappa shape index (κ3) is 65.2. The predicted molar refractivity (Wildman–Crippen MR) is 340 cm³/mol. The summed E-state index contributed by atoms with van der Waals surface area (Å²) >= 11 is 0. The van der Waals surface area contributed by atoms with Crippen molar-refractivity contribution in [2.75, 3.05) is 13.2 Å². The molecule has 0 saturated heterocycles. The van der Waals surface area contributed by atoms with Crippen molar-refractivity contribution in [3.8, 4) is 0 Å². The molecule has 0 radical (unpaired) electrons. The van der Waals surface area contributed by atoms with Gasteiger partial charge in [0.05, 0.1) is 0 Å². The molecule has 0 heterocycles. The summed E-state index contributed by atoms with van der Waals surface area (Å²) in [6.45, 7) is 6.75. The molecular weight excluding hydrogens is 961 g/mol. The fourth-order valence-corrected chi connectivity index (χ4v) is 11.5. The van der Waals surface area contributed by atoms with Gasteiger partial charge in [0, 0.05) is 19.3 Å². The van der Waals surface area contributed by atoms with Gasteiger partial charge in [0.2, 0.25) is 0 Å². The van der Waals surface area contributed by atoms with Gasteiger partial charge in [-0.2, -0.15) is 0 Å². The second kappa shape index (κ2) is 67.9. The standard InChI is InChI=1S/C72H140O6/c1-4-7-10-13-16-19-22-25-28-30-32-34-35-36-37-38-39-41-42-44-47-50-53-56-59-62-65-71(74)77-68-69(67-76-70(73)64-61-58-55-52-49-46-27-24-21-18-15-12-9-6-3)78-72(75)66-63-60-57-54-51-48-45-43-40-33-31-29-26-23-20-17-14-11-8-5-2/h69H,4-68H2,1-3H3. The van der Waals surface area contributed by atoms with Crippen LogP contribution in [0.4, 0.5) is 0 Å². The predicted octanol–water partition coefficient (Wildman–Crippen LogP) is 24.6. The molecule has 0 aliphatic rings. The molecule has 78 heavy (non-hydrogen) atoms. The molecule has 0 rings (SSSR count). The molecule has 1 unspecified atom stereocenters. The maximum atomic E-state index is 12.9. The molecule has 0 spiro atoms. The van der Waals surface area contributed by atoms with E-state index in [1.54, 1.807) is 0 Å². The van der Waals surface area contributed by atoms with Crippen LogP contribution in [-0.2, 0) is 28.6 Å². The average molecular weight is 1100 g/mol. The Labute approximate surface area is 488 Å². The van der Waals surface area contributed by atoms with E-state index in [0.717, 1.165) is 57.8 Å². The van der Waals surface area contributed by atoms with Crippen LogP contribution < -0.4 is 0 Å². The highest BCUT2D eigenvalue weighted by molar-refractivity contribution is 5.71. The van der Waals surface area contributed by atoms with E-state index in [1.807, 2.05) is 0 Å². The number of hydrogen-bond donors (Lipinski definition) is 0. The number of carbonyl (C=O) groups is 3. The molecular formula is C72H140O6. The molecule has 0 aromatic carbocycles. The number of rotatable bonds is 68. The summed E-state index contributed by atoms with van der Waals surface area (Å²) in [5.41, 5.74) is 0. The Morgan fingerprint density at radius 1 is 0.205 bits per heavy atom. The number of unbranched alkanes of at least 4 members (excludes halogenated alkanes) is 57. The molecule has 0 amide bonds. The Bertz CT molecular complexity index is 1170. The van der Waals surface area contributed by atoms with Crippen molar-refractivity contribution < 1.29 is 28.6 Å². The first-order chi connectivity index (χ1) is 38.5. The van der Waals surface area contributed by atoms with Gasteiger partial charge in [-0.3, -0.25) is 14.4 Å². The SMILES string of the molecule is CCCCCCCCCCCCCCCCCCCCCCCCCCCCC(=O)OCC(COC(=O)CCCCCCCCCCCCCCCC)OC(=O)CCCCCCCCCCCCCCCCCCCCCC. The van der Waals surface area contributed by atoms with Gasteiger partial charge < -0.3 is 14.2 Å². The van der Waals surface area contributed by atoms with E-state index in [0.29, 0.717) is 19.3 Å². The van der Waals surface area contributed by atoms with E-state index in [-0.39, 0.29) is 31.1 Å². The van der Waals surface area contributed by atoms with Crippen molar-refractivity contribution in [2.45, 2.75) is 431 Å². The van der Waals surface area contributed by atoms with Crippen molar-refractivity contribution in [3.05, 3.63) is 0 Å². The molecule has 6 nitrogen and oxygen atoms in total. The van der Waals surface area contributed by atoms with E-state index in [4.69, 9.17) is 14.2 Å². The first kappa shape index (κ1) is 76.4. The number of ether oxygens (including phenoxy) is 3. The number of hydrogen-bond acceptors (Lipinski definition) is 6. The van der Waals surface area contributed by atoms with E-state index in [2.05, 4.69) is 20.8 Å². The first-order valence-electron chi connectivity index (χ1n) is 36.0. The molecule has 0 bridgehead atoms. The minimum absolute atomic E-state index is 0.0601. The minimum atomic E-state index is -0.763. The summed E-state index contributed by atoms with van der Waals surface area (Å²) in [6, 6.07) is 0. The van der Waals surface area contributed by atoms with Crippen molar-refractivity contribution in [2.24, 2.45) is 0 Å². The molecule has 0 fully saturated rings. The van der Waals surface area contributed by atoms with Crippen LogP contribution in [0.5, 0.6) is 0 Å². The molecule has 0 saturated carbocycles. The fraction of sp³-hybridized carbons (Fsp3) is 0.958. The molecule has 464 valence electrons. The highest BCUT2D eigenvalue weighted by atomic mass is 16.6. The van der Waals surface area contributed by atoms with E-state index < -0.39 is 6.10 Å². The molecule has 0 aliphatic heterocycles. The zero-order chi connectivity index (χ0) is 56.4. The summed E-state index contributed by atoms with van der Waals surface area (Å²) in [7, 11) is 0. The third-order valence-corrected chi connectivity index (χ3v) is 16.9. The zero-order valence-electron chi connectivity index (χ0n) is 53.5. The Hall–Kier alpha value is -1.59. The van der Waals surface area contributed by atoms with Crippen LogP contribution >= 0.6 is 0 Å². The first-order valence-corrected chi connectivity index (χ1v) is 36.0. The van der Waals surface area contributed by atoms with Crippen LogP contribution in [0, 0.1) is 0 Å². The topological polar surface area (TPSA) is 78.9 Å². The quantitative estimate of drug-likeness (QED) is 0.0343. The van der Waals surface area contributed by atoms with Crippen molar-refractivity contribution in [3.63, 3.8) is 0 Å². The van der Waals surface area contributed by atoms with Crippen molar-refractivity contribution in [1.29, 1.82) is 0 Å². The Kier molecular flexibility index (Phi) is 66.5. The maximum absolute atomic E-state index is 12.9. The van der Waals surface area contributed by atoms with Crippen LogP contribution in [0.3, 0.4) is 0 Å². The van der Waals surface area contributed by atoms with Crippen LogP contribution in [0.15, 0.2) is 0 Å². The third-order valence-electron chi connectivity index (χ3n) is 16.9. The Morgan fingerprint density at radius 3 is 0.513 bits per heavy atom. The number of esters is 3. The van der Waals surface area contributed by atoms with Gasteiger partial charge in [-0.05, 0) is 19.3 Å². The largest absolute Gasteiger partial charge is 0.462 e. The fourth-order valence-electron chi connectivity index (χ4n) is 11.5. The normalized spacial score (nSPS) is 11.9. The van der Waals surface area contributed by atoms with Crippen molar-refractivity contribution in [1.82, 2.24) is 0 Å². The summed E-state index contributed by atoms with van der Waals surface area (Å²) in [6.07, 6.45) is 80.0. The van der Waals surface area contributed by atoms with Crippen molar-refractivity contribution >= 4 is 17.9 Å². The highest BCUT2D eigenvalue weighted by Crippen LogP contribution is 2.20. The smallest absolute Gasteiger partial charge is 0.306 e. The minimum Gasteiger partial charge on any atom is -0.462 e. The van der Waals surface area contributed by atoms with Gasteiger partial charge in [-0.15, -0.1) is 0 Å². The van der Waals surface area contributed by atoms with E-state index in [1.165, 1.54) is 327 Å². The maximum Gasteiger partial charge on any atom is 0.306 e. The molecule has 0 N–H and O–H groups in total. The van der Waals surface area contributed by atoms with Crippen LogP contribution in [0.1, 0.15) is 425 Å². The Morgan fingerprint density at radius 2 is 0.346 bits per heavy atom. The highest BCUT2D eigenvalue weighted by Gasteiger charge is 2.20. The van der Waals surface area contributed by atoms with Gasteiger partial charge in [0.15, 0.2) is 6.10 Å². The summed E-state index contributed by atoms with van der Waals surface area (Å²) in [4.78, 5) is 38.4. The molecule has 0 aromatic heterocycles. The summed E-state index contributed by atoms with van der Waals surface area (Å²) in [5.74, 6) is -0.818. The van der Waals surface area contributed by atoms with Crippen LogP contribution in [0.25, 0.3) is 0 Å². The lowest BCUT2D eigenvalue weighted by atomic mass is 10.0. The average Bonchev–Trinajstić information content (AvgIpc) is 3.44.